The van der Waals surface area contributed by atoms with Crippen molar-refractivity contribution in [2.24, 2.45) is 0 Å². The lowest BCUT2D eigenvalue weighted by Crippen LogP contribution is -2.11. The van der Waals surface area contributed by atoms with Gasteiger partial charge < -0.3 is 19.4 Å². The third kappa shape index (κ3) is 1.91. The van der Waals surface area contributed by atoms with Gasteiger partial charge in [-0.25, -0.2) is 4.79 Å². The largest absolute Gasteiger partial charge is 0.493 e. The van der Waals surface area contributed by atoms with Crippen molar-refractivity contribution in [2.75, 3.05) is 7.11 Å². The van der Waals surface area contributed by atoms with E-state index in [1.54, 1.807) is 13.0 Å². The van der Waals surface area contributed by atoms with Crippen LogP contribution in [0.2, 0.25) is 5.02 Å². The fourth-order valence-corrected chi connectivity index (χ4v) is 2.07. The second-order valence-corrected chi connectivity index (χ2v) is 4.20. The molecule has 1 heterocycles. The Bertz CT molecular complexity index is 616. The van der Waals surface area contributed by atoms with E-state index in [0.717, 1.165) is 0 Å². The molecule has 0 fully saturated rings. The van der Waals surface area contributed by atoms with E-state index in [1.807, 2.05) is 0 Å². The highest BCUT2D eigenvalue weighted by atomic mass is 35.5. The van der Waals surface area contributed by atoms with Crippen LogP contribution in [0.25, 0.3) is 11.0 Å². The van der Waals surface area contributed by atoms with Crippen LogP contribution in [0, 0.1) is 6.92 Å². The third-order valence-corrected chi connectivity index (χ3v) is 3.03. The molecule has 2 aromatic rings. The zero-order valence-corrected chi connectivity index (χ0v) is 10.5. The van der Waals surface area contributed by atoms with Gasteiger partial charge in [0.2, 0.25) is 0 Å². The number of aliphatic carboxylic acids is 1. The van der Waals surface area contributed by atoms with Crippen molar-refractivity contribution < 1.29 is 24.2 Å². The minimum Gasteiger partial charge on any atom is -0.493 e. The number of methoxy groups -OCH3 is 1. The van der Waals surface area contributed by atoms with Crippen LogP contribution in [0.3, 0.4) is 0 Å². The van der Waals surface area contributed by atoms with Crippen LogP contribution in [-0.2, 0) is 4.79 Å². The lowest BCUT2D eigenvalue weighted by atomic mass is 10.1. The summed E-state index contributed by atoms with van der Waals surface area (Å²) in [6.07, 6.45) is -1.70. The molecule has 0 aliphatic carbocycles. The second-order valence-electron chi connectivity index (χ2n) is 3.82. The number of carboxylic acids is 1. The van der Waals surface area contributed by atoms with E-state index in [-0.39, 0.29) is 10.6 Å². The molecule has 0 radical (unpaired) electrons. The Labute approximate surface area is 108 Å². The van der Waals surface area contributed by atoms with Gasteiger partial charge in [0.05, 0.1) is 12.1 Å². The molecule has 2 N–H and O–H groups in total. The zero-order chi connectivity index (χ0) is 13.4. The number of carboxylic acid groups (broad SMARTS) is 1. The summed E-state index contributed by atoms with van der Waals surface area (Å²) >= 11 is 6.08. The number of benzene rings is 1. The summed E-state index contributed by atoms with van der Waals surface area (Å²) in [5.74, 6) is -0.427. The van der Waals surface area contributed by atoms with Crippen LogP contribution in [-0.4, -0.2) is 23.3 Å². The molecule has 18 heavy (non-hydrogen) atoms. The smallest absolute Gasteiger partial charge is 0.337 e. The van der Waals surface area contributed by atoms with Crippen LogP contribution in [0.4, 0.5) is 0 Å². The van der Waals surface area contributed by atoms with Crippen molar-refractivity contribution in [2.45, 2.75) is 13.0 Å². The van der Waals surface area contributed by atoms with Crippen molar-refractivity contribution in [1.29, 1.82) is 0 Å². The highest BCUT2D eigenvalue weighted by Gasteiger charge is 2.24. The first kappa shape index (κ1) is 12.7. The van der Waals surface area contributed by atoms with Crippen LogP contribution in [0.1, 0.15) is 17.4 Å². The summed E-state index contributed by atoms with van der Waals surface area (Å²) < 4.78 is 10.5. The summed E-state index contributed by atoms with van der Waals surface area (Å²) in [5, 5.41) is 19.1. The predicted octanol–water partition coefficient (Wildman–Crippen LogP) is 2.52. The molecule has 0 spiro atoms. The first-order chi connectivity index (χ1) is 8.45. The lowest BCUT2D eigenvalue weighted by molar-refractivity contribution is -0.146. The quantitative estimate of drug-likeness (QED) is 0.896. The van der Waals surface area contributed by atoms with E-state index in [2.05, 4.69) is 0 Å². The molecule has 96 valence electrons. The highest BCUT2D eigenvalue weighted by molar-refractivity contribution is 6.36. The number of aryl methyl sites for hydroxylation is 1. The number of hydrogen-bond donors (Lipinski definition) is 2. The molecule has 1 atom stereocenters. The first-order valence-corrected chi connectivity index (χ1v) is 5.51. The van der Waals surface area contributed by atoms with Crippen molar-refractivity contribution in [3.05, 3.63) is 28.5 Å². The summed E-state index contributed by atoms with van der Waals surface area (Å²) in [7, 11) is 1.43. The minimum absolute atomic E-state index is 0.0781. The number of fused-ring (bicyclic) bond motifs is 1. The topological polar surface area (TPSA) is 79.9 Å². The van der Waals surface area contributed by atoms with Gasteiger partial charge in [0.25, 0.3) is 0 Å². The monoisotopic (exact) mass is 270 g/mol. The van der Waals surface area contributed by atoms with Gasteiger partial charge in [-0.15, -0.1) is 0 Å². The lowest BCUT2D eigenvalue weighted by Gasteiger charge is -2.11. The Hall–Kier alpha value is -1.72. The van der Waals surface area contributed by atoms with Crippen molar-refractivity contribution in [3.8, 4) is 5.75 Å². The van der Waals surface area contributed by atoms with E-state index in [4.69, 9.17) is 25.9 Å². The van der Waals surface area contributed by atoms with Gasteiger partial charge in [-0.3, -0.25) is 0 Å². The van der Waals surface area contributed by atoms with Crippen LogP contribution < -0.4 is 4.74 Å². The first-order valence-electron chi connectivity index (χ1n) is 5.13. The maximum Gasteiger partial charge on any atom is 0.337 e. The Morgan fingerprint density at radius 2 is 2.17 bits per heavy atom. The van der Waals surface area contributed by atoms with Gasteiger partial charge in [0.15, 0.2) is 17.4 Å². The molecule has 0 aliphatic rings. The van der Waals surface area contributed by atoms with Crippen LogP contribution in [0.5, 0.6) is 5.75 Å². The molecule has 0 saturated carbocycles. The molecule has 5 nitrogen and oxygen atoms in total. The minimum atomic E-state index is -1.70. The van der Waals surface area contributed by atoms with Gasteiger partial charge in [-0.2, -0.15) is 0 Å². The van der Waals surface area contributed by atoms with Gasteiger partial charge in [0, 0.05) is 10.9 Å². The fourth-order valence-electron chi connectivity index (χ4n) is 1.77. The Balaban J connectivity index is 2.76. The summed E-state index contributed by atoms with van der Waals surface area (Å²) in [5.41, 5.74) is 0.510. The molecule has 0 amide bonds. The van der Waals surface area contributed by atoms with E-state index < -0.39 is 12.1 Å². The van der Waals surface area contributed by atoms with E-state index in [0.29, 0.717) is 22.5 Å². The number of aliphatic hydroxyl groups excluding tert-OH is 1. The highest BCUT2D eigenvalue weighted by Crippen LogP contribution is 2.39. The number of rotatable bonds is 3. The van der Waals surface area contributed by atoms with Crippen LogP contribution >= 0.6 is 11.6 Å². The standard InChI is InChI=1S/C12H11ClO5/c1-5-3-7-9(13)6(10(14)12(15)16)4-8(17-2)11(7)18-5/h3-4,10,14H,1-2H3,(H,15,16). The molecule has 0 saturated heterocycles. The summed E-state index contributed by atoms with van der Waals surface area (Å²) in [4.78, 5) is 10.8. The Morgan fingerprint density at radius 1 is 1.50 bits per heavy atom. The Morgan fingerprint density at radius 3 is 2.72 bits per heavy atom. The number of aliphatic hydroxyl groups is 1. The van der Waals surface area contributed by atoms with Crippen molar-refractivity contribution >= 4 is 28.5 Å². The Kier molecular flexibility index (Phi) is 3.19. The van der Waals surface area contributed by atoms with E-state index in [9.17, 15) is 9.90 Å². The van der Waals surface area contributed by atoms with Gasteiger partial charge >= 0.3 is 5.97 Å². The molecular formula is C12H11ClO5. The molecule has 1 aromatic heterocycles. The number of carbonyl (C=O) groups is 1. The number of furan rings is 1. The van der Waals surface area contributed by atoms with Gasteiger partial charge in [-0.1, -0.05) is 11.6 Å². The molecule has 6 heteroatoms. The zero-order valence-electron chi connectivity index (χ0n) is 9.73. The summed E-state index contributed by atoms with van der Waals surface area (Å²) in [6.45, 7) is 1.74. The normalized spacial score (nSPS) is 12.7. The summed E-state index contributed by atoms with van der Waals surface area (Å²) in [6, 6.07) is 3.03. The second kappa shape index (κ2) is 4.51. The van der Waals surface area contributed by atoms with Crippen molar-refractivity contribution in [3.63, 3.8) is 0 Å². The predicted molar refractivity (Wildman–Crippen MR) is 65.1 cm³/mol. The molecule has 0 bridgehead atoms. The SMILES string of the molecule is COc1cc(C(O)C(=O)O)c(Cl)c2cc(C)oc12. The number of hydrogen-bond acceptors (Lipinski definition) is 4. The molecule has 1 aromatic carbocycles. The average molecular weight is 271 g/mol. The van der Waals surface area contributed by atoms with Gasteiger partial charge in [-0.05, 0) is 19.1 Å². The third-order valence-electron chi connectivity index (χ3n) is 2.60. The molecule has 1 unspecified atom stereocenters. The number of halogens is 1. The van der Waals surface area contributed by atoms with Crippen LogP contribution in [0.15, 0.2) is 16.5 Å². The number of ether oxygens (including phenoxy) is 1. The average Bonchev–Trinajstić information content (AvgIpc) is 2.71. The van der Waals surface area contributed by atoms with E-state index >= 15 is 0 Å². The van der Waals surface area contributed by atoms with Crippen molar-refractivity contribution in [1.82, 2.24) is 0 Å². The maximum absolute atomic E-state index is 10.8. The maximum atomic E-state index is 10.8. The molecule has 0 aliphatic heterocycles. The fraction of sp³-hybridized carbons (Fsp3) is 0.250. The molecular weight excluding hydrogens is 260 g/mol. The van der Waals surface area contributed by atoms with Gasteiger partial charge in [0.1, 0.15) is 5.76 Å². The molecule has 2 rings (SSSR count). The van der Waals surface area contributed by atoms with E-state index in [1.165, 1.54) is 13.2 Å².